The lowest BCUT2D eigenvalue weighted by Gasteiger charge is -2.02. The highest BCUT2D eigenvalue weighted by Crippen LogP contribution is 2.02. The molecule has 0 saturated carbocycles. The van der Waals surface area contributed by atoms with Crippen molar-refractivity contribution >= 4 is 17.2 Å². The minimum Gasteiger partial charge on any atom is -0.463 e. The van der Waals surface area contributed by atoms with Gasteiger partial charge in [0.25, 0.3) is 0 Å². The maximum absolute atomic E-state index is 5.40. The van der Waals surface area contributed by atoms with Crippen LogP contribution >= 0.6 is 12.2 Å². The number of aromatic nitrogens is 2. The first-order valence-corrected chi connectivity index (χ1v) is 4.40. The SMILES string of the molecule is CCCOc1nccc(C(N)=S)n1. The summed E-state index contributed by atoms with van der Waals surface area (Å²) in [5.41, 5.74) is 5.93. The molecule has 5 heteroatoms. The zero-order valence-electron chi connectivity index (χ0n) is 7.36. The van der Waals surface area contributed by atoms with Gasteiger partial charge in [0.1, 0.15) is 10.7 Å². The van der Waals surface area contributed by atoms with Crippen LogP contribution in [-0.4, -0.2) is 21.6 Å². The topological polar surface area (TPSA) is 61.0 Å². The van der Waals surface area contributed by atoms with Crippen molar-refractivity contribution < 1.29 is 4.74 Å². The number of thiocarbonyl (C=S) groups is 1. The molecule has 1 heterocycles. The fourth-order valence-electron chi connectivity index (χ4n) is 0.741. The Morgan fingerprint density at radius 3 is 3.08 bits per heavy atom. The molecule has 0 bridgehead atoms. The second-order valence-electron chi connectivity index (χ2n) is 2.44. The third-order valence-corrected chi connectivity index (χ3v) is 1.53. The van der Waals surface area contributed by atoms with Crippen molar-refractivity contribution in [3.8, 4) is 6.01 Å². The van der Waals surface area contributed by atoms with E-state index in [1.165, 1.54) is 0 Å². The van der Waals surface area contributed by atoms with E-state index in [9.17, 15) is 0 Å². The normalized spacial score (nSPS) is 9.62. The third-order valence-electron chi connectivity index (χ3n) is 1.32. The Morgan fingerprint density at radius 1 is 1.69 bits per heavy atom. The summed E-state index contributed by atoms with van der Waals surface area (Å²) in [5, 5.41) is 0. The third kappa shape index (κ3) is 2.95. The molecule has 1 rings (SSSR count). The maximum Gasteiger partial charge on any atom is 0.316 e. The molecule has 0 aliphatic heterocycles. The van der Waals surface area contributed by atoms with Crippen LogP contribution in [0.15, 0.2) is 12.3 Å². The van der Waals surface area contributed by atoms with Crippen molar-refractivity contribution in [2.45, 2.75) is 13.3 Å². The Bertz CT molecular complexity index is 303. The van der Waals surface area contributed by atoms with Crippen LogP contribution in [0.5, 0.6) is 6.01 Å². The zero-order chi connectivity index (χ0) is 9.68. The lowest BCUT2D eigenvalue weighted by molar-refractivity contribution is 0.292. The van der Waals surface area contributed by atoms with Crippen LogP contribution in [0.4, 0.5) is 0 Å². The van der Waals surface area contributed by atoms with Crippen LogP contribution < -0.4 is 10.5 Å². The van der Waals surface area contributed by atoms with Crippen LogP contribution in [0.25, 0.3) is 0 Å². The van der Waals surface area contributed by atoms with Gasteiger partial charge in [-0.1, -0.05) is 19.1 Å². The van der Waals surface area contributed by atoms with Gasteiger partial charge in [0, 0.05) is 6.20 Å². The summed E-state index contributed by atoms with van der Waals surface area (Å²) >= 11 is 4.77. The van der Waals surface area contributed by atoms with Gasteiger partial charge in [-0.15, -0.1) is 0 Å². The van der Waals surface area contributed by atoms with Gasteiger partial charge in [-0.2, -0.15) is 4.98 Å². The molecule has 0 unspecified atom stereocenters. The standard InChI is InChI=1S/C8H11N3OS/c1-2-5-12-8-10-4-3-6(11-8)7(9)13/h3-4H,2,5H2,1H3,(H2,9,13). The van der Waals surface area contributed by atoms with Gasteiger partial charge >= 0.3 is 6.01 Å². The molecule has 0 radical (unpaired) electrons. The zero-order valence-corrected chi connectivity index (χ0v) is 8.17. The summed E-state index contributed by atoms with van der Waals surface area (Å²) in [7, 11) is 0. The first kappa shape index (κ1) is 9.85. The molecule has 70 valence electrons. The van der Waals surface area contributed by atoms with Crippen molar-refractivity contribution in [3.05, 3.63) is 18.0 Å². The predicted molar refractivity (Wildman–Crippen MR) is 53.7 cm³/mol. The quantitative estimate of drug-likeness (QED) is 0.727. The van der Waals surface area contributed by atoms with Crippen molar-refractivity contribution in [1.29, 1.82) is 0 Å². The van der Waals surface area contributed by atoms with Crippen molar-refractivity contribution in [3.63, 3.8) is 0 Å². The van der Waals surface area contributed by atoms with Gasteiger partial charge < -0.3 is 10.5 Å². The fraction of sp³-hybridized carbons (Fsp3) is 0.375. The maximum atomic E-state index is 5.40. The van der Waals surface area contributed by atoms with Gasteiger partial charge in [0.2, 0.25) is 0 Å². The molecular formula is C8H11N3OS. The molecule has 0 aliphatic carbocycles. The molecule has 0 aliphatic rings. The van der Waals surface area contributed by atoms with Crippen LogP contribution in [0.3, 0.4) is 0 Å². The van der Waals surface area contributed by atoms with Crippen molar-refractivity contribution in [2.24, 2.45) is 5.73 Å². The first-order chi connectivity index (χ1) is 6.24. The van der Waals surface area contributed by atoms with E-state index in [-0.39, 0.29) is 4.99 Å². The molecule has 0 spiro atoms. The second-order valence-corrected chi connectivity index (χ2v) is 2.88. The molecule has 1 aromatic heterocycles. The summed E-state index contributed by atoms with van der Waals surface area (Å²) in [6.07, 6.45) is 2.49. The molecular weight excluding hydrogens is 186 g/mol. The number of hydrogen-bond donors (Lipinski definition) is 1. The number of nitrogens with two attached hydrogens (primary N) is 1. The molecule has 2 N–H and O–H groups in total. The Labute approximate surface area is 82.1 Å². The van der Waals surface area contributed by atoms with E-state index in [1.807, 2.05) is 6.92 Å². The molecule has 1 aromatic rings. The molecule has 0 aromatic carbocycles. The molecule has 13 heavy (non-hydrogen) atoms. The van der Waals surface area contributed by atoms with Gasteiger partial charge in [-0.05, 0) is 12.5 Å². The van der Waals surface area contributed by atoms with E-state index in [2.05, 4.69) is 9.97 Å². The lowest BCUT2D eigenvalue weighted by Crippen LogP contribution is -2.12. The number of ether oxygens (including phenoxy) is 1. The summed E-state index contributed by atoms with van der Waals surface area (Å²) in [6.45, 7) is 2.61. The molecule has 0 saturated heterocycles. The molecule has 4 nitrogen and oxygen atoms in total. The van der Waals surface area contributed by atoms with Crippen molar-refractivity contribution in [1.82, 2.24) is 9.97 Å². The molecule has 0 fully saturated rings. The van der Waals surface area contributed by atoms with Crippen LogP contribution in [0.1, 0.15) is 19.0 Å². The Balaban J connectivity index is 2.73. The molecule has 0 amide bonds. The largest absolute Gasteiger partial charge is 0.463 e. The summed E-state index contributed by atoms with van der Waals surface area (Å²) in [4.78, 5) is 8.17. The second kappa shape index (κ2) is 4.71. The van der Waals surface area contributed by atoms with Crippen LogP contribution in [-0.2, 0) is 0 Å². The highest BCUT2D eigenvalue weighted by atomic mass is 32.1. The minimum absolute atomic E-state index is 0.253. The van der Waals surface area contributed by atoms with Gasteiger partial charge in [-0.3, -0.25) is 0 Å². The predicted octanol–water partition coefficient (Wildman–Crippen LogP) is 0.900. The Kier molecular flexibility index (Phi) is 3.57. The average Bonchev–Trinajstić information content (AvgIpc) is 2.15. The van der Waals surface area contributed by atoms with E-state index in [0.29, 0.717) is 18.3 Å². The molecule has 0 atom stereocenters. The average molecular weight is 197 g/mol. The summed E-state index contributed by atoms with van der Waals surface area (Å²) < 4.78 is 5.21. The number of hydrogen-bond acceptors (Lipinski definition) is 4. The van der Waals surface area contributed by atoms with E-state index < -0.39 is 0 Å². The van der Waals surface area contributed by atoms with Gasteiger partial charge in [-0.25, -0.2) is 4.98 Å². The first-order valence-electron chi connectivity index (χ1n) is 3.99. The number of nitrogens with zero attached hydrogens (tertiary/aromatic N) is 2. The van der Waals surface area contributed by atoms with Crippen LogP contribution in [0, 0.1) is 0 Å². The van der Waals surface area contributed by atoms with E-state index in [1.54, 1.807) is 12.3 Å². The minimum atomic E-state index is 0.253. The van der Waals surface area contributed by atoms with Gasteiger partial charge in [0.05, 0.1) is 6.61 Å². The summed E-state index contributed by atoms with van der Waals surface area (Å²) in [5.74, 6) is 0. The van der Waals surface area contributed by atoms with E-state index in [4.69, 9.17) is 22.7 Å². The monoisotopic (exact) mass is 197 g/mol. The van der Waals surface area contributed by atoms with Gasteiger partial charge in [0.15, 0.2) is 0 Å². The highest BCUT2D eigenvalue weighted by molar-refractivity contribution is 7.80. The lowest BCUT2D eigenvalue weighted by atomic mass is 10.4. The van der Waals surface area contributed by atoms with E-state index in [0.717, 1.165) is 6.42 Å². The van der Waals surface area contributed by atoms with Crippen molar-refractivity contribution in [2.75, 3.05) is 6.61 Å². The smallest absolute Gasteiger partial charge is 0.316 e. The number of rotatable bonds is 4. The Morgan fingerprint density at radius 2 is 2.46 bits per heavy atom. The summed E-state index contributed by atoms with van der Waals surface area (Å²) in [6, 6.07) is 1.98. The Hall–Kier alpha value is -1.23. The highest BCUT2D eigenvalue weighted by Gasteiger charge is 2.01. The fourth-order valence-corrected chi connectivity index (χ4v) is 0.855. The van der Waals surface area contributed by atoms with E-state index >= 15 is 0 Å². The van der Waals surface area contributed by atoms with Crippen LogP contribution in [0.2, 0.25) is 0 Å².